The number of aromatic nitrogens is 1. The van der Waals surface area contributed by atoms with Crippen molar-refractivity contribution in [1.29, 1.82) is 0 Å². The monoisotopic (exact) mass is 430 g/mol. The molecule has 0 bridgehead atoms. The van der Waals surface area contributed by atoms with Gasteiger partial charge in [0.15, 0.2) is 0 Å². The molecule has 0 aliphatic carbocycles. The van der Waals surface area contributed by atoms with Gasteiger partial charge in [0.2, 0.25) is 0 Å². The first-order valence-corrected chi connectivity index (χ1v) is 10.2. The number of carbonyl (C=O) groups excluding carboxylic acids is 3. The number of nitrogens with one attached hydrogen (secondary N) is 2. The Labute approximate surface area is 181 Å². The molecule has 7 nitrogen and oxygen atoms in total. The van der Waals surface area contributed by atoms with E-state index in [2.05, 4.69) is 21.7 Å². The highest BCUT2D eigenvalue weighted by Crippen LogP contribution is 2.31. The van der Waals surface area contributed by atoms with E-state index in [0.717, 1.165) is 20.8 Å². The summed E-state index contributed by atoms with van der Waals surface area (Å²) in [7, 11) is 0. The van der Waals surface area contributed by atoms with E-state index in [1.54, 1.807) is 23.5 Å². The summed E-state index contributed by atoms with van der Waals surface area (Å²) in [6.45, 7) is 2.04. The number of carbonyl (C=O) groups is 3. The van der Waals surface area contributed by atoms with Crippen molar-refractivity contribution in [3.05, 3.63) is 77.9 Å². The van der Waals surface area contributed by atoms with Crippen LogP contribution in [-0.4, -0.2) is 22.7 Å². The summed E-state index contributed by atoms with van der Waals surface area (Å²) in [5.74, 6) is -2.67. The summed E-state index contributed by atoms with van der Waals surface area (Å²) in [5.41, 5.74) is 9.73. The van der Waals surface area contributed by atoms with Crippen molar-refractivity contribution in [1.82, 2.24) is 10.3 Å². The molecule has 31 heavy (non-hydrogen) atoms. The Bertz CT molecular complexity index is 1290. The Hall–Kier alpha value is -4.04. The quantitative estimate of drug-likeness (QED) is 0.338. The van der Waals surface area contributed by atoms with Crippen molar-refractivity contribution in [2.24, 2.45) is 0 Å². The zero-order valence-electron chi connectivity index (χ0n) is 16.5. The highest BCUT2D eigenvalue weighted by atomic mass is 32.1. The van der Waals surface area contributed by atoms with Crippen molar-refractivity contribution in [3.63, 3.8) is 0 Å². The third-order valence-corrected chi connectivity index (χ3v) is 5.61. The number of hydrogen-bond donors (Lipinski definition) is 3. The van der Waals surface area contributed by atoms with E-state index in [9.17, 15) is 14.4 Å². The van der Waals surface area contributed by atoms with Crippen molar-refractivity contribution in [2.45, 2.75) is 6.92 Å². The van der Waals surface area contributed by atoms with E-state index in [1.807, 2.05) is 31.2 Å². The van der Waals surface area contributed by atoms with Crippen LogP contribution in [0.4, 0.5) is 11.4 Å². The number of nitrogens with zero attached hydrogens (tertiary/aromatic N) is 1. The number of nitrogen functional groups attached to an aromatic ring is 1. The van der Waals surface area contributed by atoms with Gasteiger partial charge in [-0.3, -0.25) is 19.7 Å². The third-order valence-electron chi connectivity index (χ3n) is 4.54. The normalized spacial score (nSPS) is 10.6. The number of thiazole rings is 1. The van der Waals surface area contributed by atoms with Crippen LogP contribution in [0, 0.1) is 6.92 Å². The highest BCUT2D eigenvalue weighted by Gasteiger charge is 2.18. The SMILES string of the molecule is Cc1ccc2nc(-c3ccc(NC(=O)C(=O)NC(=O)c4ccc(N)cc4)cc3)sc2c1. The standard InChI is InChI=1S/C23H18N4O3S/c1-13-2-11-18-19(12-13)31-23(26-18)15-5-9-17(10-6-15)25-21(29)22(30)27-20(28)14-3-7-16(24)8-4-14/h2-12H,24H2,1H3,(H,25,29)(H,27,28,30). The molecule has 1 heterocycles. The number of anilines is 2. The highest BCUT2D eigenvalue weighted by molar-refractivity contribution is 7.21. The summed E-state index contributed by atoms with van der Waals surface area (Å²) < 4.78 is 1.11. The number of imide groups is 1. The molecule has 0 fully saturated rings. The second-order valence-corrected chi connectivity index (χ2v) is 7.96. The maximum Gasteiger partial charge on any atom is 0.316 e. The van der Waals surface area contributed by atoms with Gasteiger partial charge >= 0.3 is 11.8 Å². The second kappa shape index (κ2) is 8.37. The molecule has 0 saturated heterocycles. The van der Waals surface area contributed by atoms with Crippen LogP contribution in [0.25, 0.3) is 20.8 Å². The van der Waals surface area contributed by atoms with E-state index in [4.69, 9.17) is 5.73 Å². The summed E-state index contributed by atoms with van der Waals surface area (Å²) in [6, 6.07) is 19.1. The molecular formula is C23H18N4O3S. The first-order valence-electron chi connectivity index (χ1n) is 9.39. The molecule has 4 aromatic rings. The van der Waals surface area contributed by atoms with Gasteiger partial charge in [0, 0.05) is 22.5 Å². The molecule has 1 aromatic heterocycles. The lowest BCUT2D eigenvalue weighted by Crippen LogP contribution is -2.39. The summed E-state index contributed by atoms with van der Waals surface area (Å²) in [6.07, 6.45) is 0. The van der Waals surface area contributed by atoms with Crippen LogP contribution in [0.1, 0.15) is 15.9 Å². The van der Waals surface area contributed by atoms with E-state index >= 15 is 0 Å². The lowest BCUT2D eigenvalue weighted by atomic mass is 10.2. The van der Waals surface area contributed by atoms with E-state index < -0.39 is 17.7 Å². The fourth-order valence-corrected chi connectivity index (χ4v) is 3.98. The molecule has 0 aliphatic heterocycles. The molecule has 0 atom stereocenters. The Morgan fingerprint density at radius 1 is 0.903 bits per heavy atom. The molecule has 3 aromatic carbocycles. The van der Waals surface area contributed by atoms with Gasteiger partial charge < -0.3 is 11.1 Å². The molecule has 4 rings (SSSR count). The maximum atomic E-state index is 12.1. The number of rotatable bonds is 3. The summed E-state index contributed by atoms with van der Waals surface area (Å²) >= 11 is 1.59. The number of nitrogens with two attached hydrogens (primary N) is 1. The van der Waals surface area contributed by atoms with Crippen LogP contribution >= 0.6 is 11.3 Å². The number of hydrogen-bond acceptors (Lipinski definition) is 6. The molecule has 4 N–H and O–H groups in total. The van der Waals surface area contributed by atoms with Gasteiger partial charge in [0.05, 0.1) is 10.2 Å². The zero-order chi connectivity index (χ0) is 22.0. The van der Waals surface area contributed by atoms with Crippen molar-refractivity contribution in [2.75, 3.05) is 11.1 Å². The second-order valence-electron chi connectivity index (χ2n) is 6.93. The van der Waals surface area contributed by atoms with Crippen molar-refractivity contribution < 1.29 is 14.4 Å². The van der Waals surface area contributed by atoms with Crippen LogP contribution < -0.4 is 16.4 Å². The number of aryl methyl sites for hydroxylation is 1. The van der Waals surface area contributed by atoms with E-state index in [0.29, 0.717) is 11.4 Å². The largest absolute Gasteiger partial charge is 0.399 e. The van der Waals surface area contributed by atoms with Crippen molar-refractivity contribution in [3.8, 4) is 10.6 Å². The Kier molecular flexibility index (Phi) is 5.46. The first kappa shape index (κ1) is 20.2. The minimum atomic E-state index is -1.05. The van der Waals surface area contributed by atoms with Crippen molar-refractivity contribution >= 4 is 50.6 Å². The number of amides is 3. The summed E-state index contributed by atoms with van der Waals surface area (Å²) in [4.78, 5) is 40.9. The molecule has 0 aliphatic rings. The van der Waals surface area contributed by atoms with Gasteiger partial charge in [-0.1, -0.05) is 6.07 Å². The molecule has 0 saturated carbocycles. The number of benzene rings is 3. The fourth-order valence-electron chi connectivity index (χ4n) is 2.91. The molecule has 0 radical (unpaired) electrons. The average Bonchev–Trinajstić information content (AvgIpc) is 3.17. The van der Waals surface area contributed by atoms with Crippen LogP contribution in [0.2, 0.25) is 0 Å². The Morgan fingerprint density at radius 2 is 1.61 bits per heavy atom. The molecular weight excluding hydrogens is 412 g/mol. The topological polar surface area (TPSA) is 114 Å². The number of fused-ring (bicyclic) bond motifs is 1. The first-order chi connectivity index (χ1) is 14.9. The lowest BCUT2D eigenvalue weighted by molar-refractivity contribution is -0.135. The molecule has 0 spiro atoms. The average molecular weight is 430 g/mol. The predicted octanol–water partition coefficient (Wildman–Crippen LogP) is 3.75. The smallest absolute Gasteiger partial charge is 0.316 e. The molecule has 8 heteroatoms. The molecule has 0 unspecified atom stereocenters. The lowest BCUT2D eigenvalue weighted by Gasteiger charge is -2.06. The molecule has 154 valence electrons. The van der Waals surface area contributed by atoms with Crippen LogP contribution in [0.5, 0.6) is 0 Å². The summed E-state index contributed by atoms with van der Waals surface area (Å²) in [5, 5.41) is 5.40. The van der Waals surface area contributed by atoms with Gasteiger partial charge in [0.1, 0.15) is 5.01 Å². The van der Waals surface area contributed by atoms with Gasteiger partial charge in [-0.05, 0) is 73.2 Å². The predicted molar refractivity (Wildman–Crippen MR) is 122 cm³/mol. The third kappa shape index (κ3) is 4.59. The van der Waals surface area contributed by atoms with Gasteiger partial charge in [0.25, 0.3) is 5.91 Å². The minimum absolute atomic E-state index is 0.228. The maximum absolute atomic E-state index is 12.1. The zero-order valence-corrected chi connectivity index (χ0v) is 17.3. The molecule has 3 amide bonds. The van der Waals surface area contributed by atoms with E-state index in [-0.39, 0.29) is 5.56 Å². The fraction of sp³-hybridized carbons (Fsp3) is 0.0435. The van der Waals surface area contributed by atoms with Gasteiger partial charge in [-0.15, -0.1) is 11.3 Å². The Balaban J connectivity index is 1.40. The van der Waals surface area contributed by atoms with E-state index in [1.165, 1.54) is 29.8 Å². The van der Waals surface area contributed by atoms with Crippen LogP contribution in [0.15, 0.2) is 66.7 Å². The minimum Gasteiger partial charge on any atom is -0.399 e. The van der Waals surface area contributed by atoms with Gasteiger partial charge in [-0.25, -0.2) is 4.98 Å². The Morgan fingerprint density at radius 3 is 2.32 bits per heavy atom. The van der Waals surface area contributed by atoms with Crippen LogP contribution in [0.3, 0.4) is 0 Å². The van der Waals surface area contributed by atoms with Gasteiger partial charge in [-0.2, -0.15) is 0 Å². The van der Waals surface area contributed by atoms with Crippen LogP contribution in [-0.2, 0) is 9.59 Å².